The number of nitrogens with zero attached hydrogens (tertiary/aromatic N) is 1. The lowest BCUT2D eigenvalue weighted by atomic mass is 10.0. The lowest BCUT2D eigenvalue weighted by Crippen LogP contribution is -2.49. The molecule has 1 saturated heterocycles. The van der Waals surface area contributed by atoms with Gasteiger partial charge in [0.2, 0.25) is 0 Å². The van der Waals surface area contributed by atoms with E-state index in [1.54, 1.807) is 0 Å². The van der Waals surface area contributed by atoms with Crippen molar-refractivity contribution >= 4 is 0 Å². The smallest absolute Gasteiger partial charge is 0.0594 e. The van der Waals surface area contributed by atoms with Gasteiger partial charge >= 0.3 is 0 Å². The average Bonchev–Trinajstić information content (AvgIpc) is 2.88. The molecule has 3 heteroatoms. The fraction of sp³-hybridized carbons (Fsp3) is 1.00. The zero-order chi connectivity index (χ0) is 12.8. The third kappa shape index (κ3) is 4.52. The average molecular weight is 254 g/mol. The first kappa shape index (κ1) is 14.3. The molecule has 1 unspecified atom stereocenters. The van der Waals surface area contributed by atoms with Crippen molar-refractivity contribution in [3.8, 4) is 0 Å². The number of morpholine rings is 1. The molecule has 0 amide bonds. The molecule has 0 bridgehead atoms. The molecule has 2 aliphatic rings. The van der Waals surface area contributed by atoms with Crippen LogP contribution in [0.5, 0.6) is 0 Å². The van der Waals surface area contributed by atoms with Gasteiger partial charge in [-0.2, -0.15) is 0 Å². The van der Waals surface area contributed by atoms with Gasteiger partial charge < -0.3 is 10.1 Å². The van der Waals surface area contributed by atoms with Gasteiger partial charge in [0.05, 0.1) is 13.2 Å². The Bertz CT molecular complexity index is 221. The number of rotatable bonds is 6. The predicted molar refractivity (Wildman–Crippen MR) is 75.9 cm³/mol. The maximum absolute atomic E-state index is 5.47. The van der Waals surface area contributed by atoms with Gasteiger partial charge in [0.1, 0.15) is 0 Å². The standard InChI is InChI=1S/C15H30N2O/c1-13(2)11-15(17-7-9-18-10-8-17)12-16-14-5-3-4-6-14/h13-16H,3-12H2,1-2H3. The van der Waals surface area contributed by atoms with Crippen molar-refractivity contribution in [3.63, 3.8) is 0 Å². The molecular weight excluding hydrogens is 224 g/mol. The van der Waals surface area contributed by atoms with E-state index in [1.807, 2.05) is 0 Å². The number of ether oxygens (including phenoxy) is 1. The van der Waals surface area contributed by atoms with Crippen LogP contribution in [0, 0.1) is 5.92 Å². The Morgan fingerprint density at radius 1 is 1.17 bits per heavy atom. The first-order valence-corrected chi connectivity index (χ1v) is 7.81. The highest BCUT2D eigenvalue weighted by atomic mass is 16.5. The molecule has 1 atom stereocenters. The van der Waals surface area contributed by atoms with Gasteiger partial charge in [-0.05, 0) is 25.2 Å². The van der Waals surface area contributed by atoms with Gasteiger partial charge in [-0.1, -0.05) is 26.7 Å². The minimum Gasteiger partial charge on any atom is -0.379 e. The van der Waals surface area contributed by atoms with E-state index >= 15 is 0 Å². The number of hydrogen-bond acceptors (Lipinski definition) is 3. The molecular formula is C15H30N2O. The van der Waals surface area contributed by atoms with Crippen LogP contribution in [0.15, 0.2) is 0 Å². The molecule has 1 aliphatic carbocycles. The van der Waals surface area contributed by atoms with E-state index in [4.69, 9.17) is 4.74 Å². The van der Waals surface area contributed by atoms with Crippen LogP contribution in [0.2, 0.25) is 0 Å². The van der Waals surface area contributed by atoms with Crippen molar-refractivity contribution in [2.24, 2.45) is 5.92 Å². The van der Waals surface area contributed by atoms with Gasteiger partial charge in [0, 0.05) is 31.7 Å². The van der Waals surface area contributed by atoms with Gasteiger partial charge in [-0.25, -0.2) is 0 Å². The molecule has 1 aliphatic heterocycles. The van der Waals surface area contributed by atoms with Crippen molar-refractivity contribution in [1.82, 2.24) is 10.2 Å². The molecule has 0 aromatic carbocycles. The minimum absolute atomic E-state index is 0.703. The first-order chi connectivity index (χ1) is 8.75. The van der Waals surface area contributed by atoms with Crippen molar-refractivity contribution in [3.05, 3.63) is 0 Å². The quantitative estimate of drug-likeness (QED) is 0.787. The molecule has 0 radical (unpaired) electrons. The van der Waals surface area contributed by atoms with Crippen molar-refractivity contribution in [1.29, 1.82) is 0 Å². The Labute approximate surface area is 112 Å². The fourth-order valence-corrected chi connectivity index (χ4v) is 3.28. The summed E-state index contributed by atoms with van der Waals surface area (Å²) >= 11 is 0. The van der Waals surface area contributed by atoms with E-state index in [0.717, 1.165) is 38.3 Å². The maximum atomic E-state index is 5.47. The Hall–Kier alpha value is -0.120. The molecule has 2 fully saturated rings. The van der Waals surface area contributed by atoms with Gasteiger partial charge in [0.25, 0.3) is 0 Å². The molecule has 0 spiro atoms. The maximum Gasteiger partial charge on any atom is 0.0594 e. The van der Waals surface area contributed by atoms with E-state index in [0.29, 0.717) is 6.04 Å². The zero-order valence-electron chi connectivity index (χ0n) is 12.2. The third-order valence-electron chi connectivity index (χ3n) is 4.30. The van der Waals surface area contributed by atoms with Crippen LogP contribution in [0.4, 0.5) is 0 Å². The highest BCUT2D eigenvalue weighted by Gasteiger charge is 2.23. The van der Waals surface area contributed by atoms with Crippen molar-refractivity contribution < 1.29 is 4.74 Å². The normalized spacial score (nSPS) is 24.8. The van der Waals surface area contributed by atoms with Crippen LogP contribution in [-0.2, 0) is 4.74 Å². The lowest BCUT2D eigenvalue weighted by molar-refractivity contribution is 0.0118. The summed E-state index contributed by atoms with van der Waals surface area (Å²) < 4.78 is 5.47. The summed E-state index contributed by atoms with van der Waals surface area (Å²) in [6, 6.07) is 1.50. The molecule has 18 heavy (non-hydrogen) atoms. The molecule has 1 heterocycles. The van der Waals surface area contributed by atoms with Crippen LogP contribution in [0.3, 0.4) is 0 Å². The fourth-order valence-electron chi connectivity index (χ4n) is 3.28. The van der Waals surface area contributed by atoms with Crippen LogP contribution in [-0.4, -0.2) is 49.8 Å². The molecule has 0 aromatic rings. The summed E-state index contributed by atoms with van der Waals surface area (Å²) in [6.45, 7) is 9.90. The summed E-state index contributed by atoms with van der Waals surface area (Å²) in [5.41, 5.74) is 0. The van der Waals surface area contributed by atoms with Gasteiger partial charge in [-0.15, -0.1) is 0 Å². The summed E-state index contributed by atoms with van der Waals surface area (Å²) in [7, 11) is 0. The largest absolute Gasteiger partial charge is 0.379 e. The van der Waals surface area contributed by atoms with E-state index in [2.05, 4.69) is 24.1 Å². The summed E-state index contributed by atoms with van der Waals surface area (Å²) in [5.74, 6) is 0.781. The summed E-state index contributed by atoms with van der Waals surface area (Å²) in [6.07, 6.45) is 6.92. The number of nitrogens with one attached hydrogen (secondary N) is 1. The second kappa shape index (κ2) is 7.46. The van der Waals surface area contributed by atoms with Crippen molar-refractivity contribution in [2.75, 3.05) is 32.8 Å². The third-order valence-corrected chi connectivity index (χ3v) is 4.30. The molecule has 1 saturated carbocycles. The van der Waals surface area contributed by atoms with E-state index in [9.17, 15) is 0 Å². The van der Waals surface area contributed by atoms with Crippen LogP contribution in [0.1, 0.15) is 46.0 Å². The van der Waals surface area contributed by atoms with Crippen LogP contribution >= 0.6 is 0 Å². The van der Waals surface area contributed by atoms with Crippen LogP contribution < -0.4 is 5.32 Å². The van der Waals surface area contributed by atoms with Crippen molar-refractivity contribution in [2.45, 2.75) is 58.0 Å². The Balaban J connectivity index is 1.78. The Kier molecular flexibility index (Phi) is 5.93. The molecule has 1 N–H and O–H groups in total. The lowest BCUT2D eigenvalue weighted by Gasteiger charge is -2.36. The Morgan fingerprint density at radius 3 is 2.44 bits per heavy atom. The molecule has 106 valence electrons. The summed E-state index contributed by atoms with van der Waals surface area (Å²) in [4.78, 5) is 2.63. The topological polar surface area (TPSA) is 24.5 Å². The van der Waals surface area contributed by atoms with E-state index < -0.39 is 0 Å². The first-order valence-electron chi connectivity index (χ1n) is 7.81. The zero-order valence-corrected chi connectivity index (χ0v) is 12.2. The molecule has 3 nitrogen and oxygen atoms in total. The second-order valence-corrected chi connectivity index (χ2v) is 6.32. The van der Waals surface area contributed by atoms with E-state index in [-0.39, 0.29) is 0 Å². The second-order valence-electron chi connectivity index (χ2n) is 6.32. The molecule has 2 rings (SSSR count). The van der Waals surface area contributed by atoms with Crippen LogP contribution in [0.25, 0.3) is 0 Å². The number of hydrogen-bond donors (Lipinski definition) is 1. The minimum atomic E-state index is 0.703. The monoisotopic (exact) mass is 254 g/mol. The Morgan fingerprint density at radius 2 is 1.83 bits per heavy atom. The summed E-state index contributed by atoms with van der Waals surface area (Å²) in [5, 5.41) is 3.80. The van der Waals surface area contributed by atoms with Gasteiger partial charge in [-0.3, -0.25) is 4.90 Å². The predicted octanol–water partition coefficient (Wildman–Crippen LogP) is 2.27. The highest BCUT2D eigenvalue weighted by molar-refractivity contribution is 4.81. The SMILES string of the molecule is CC(C)CC(CNC1CCCC1)N1CCOCC1. The molecule has 0 aromatic heterocycles. The van der Waals surface area contributed by atoms with Gasteiger partial charge in [0.15, 0.2) is 0 Å². The van der Waals surface area contributed by atoms with E-state index in [1.165, 1.54) is 38.6 Å². The highest BCUT2D eigenvalue weighted by Crippen LogP contribution is 2.19.